The number of aliphatic carboxylic acids is 1. The van der Waals surface area contributed by atoms with E-state index in [0.717, 1.165) is 54.4 Å². The molecular weight excluding hydrogens is 667 g/mol. The average molecular weight is 708 g/mol. The number of carbonyl (C=O) groups is 1. The maximum absolute atomic E-state index is 10.5. The van der Waals surface area contributed by atoms with Crippen LogP contribution in [0.25, 0.3) is 0 Å². The Morgan fingerprint density at radius 2 is 1.86 bits per heavy atom. The summed E-state index contributed by atoms with van der Waals surface area (Å²) < 4.78 is 70.2. The molecule has 4 saturated carbocycles. The Morgan fingerprint density at radius 3 is 2.53 bits per heavy atom. The first-order chi connectivity index (χ1) is 23.3. The van der Waals surface area contributed by atoms with Crippen LogP contribution in [0.1, 0.15) is 55.2 Å². The maximum Gasteiger partial charge on any atom is 0.430 e. The number of ether oxygens (including phenoxy) is 6. The lowest BCUT2D eigenvalue weighted by Crippen LogP contribution is -2.83. The molecular formula is C36H41ClF3NO8. The summed E-state index contributed by atoms with van der Waals surface area (Å²) in [7, 11) is 6.24. The van der Waals surface area contributed by atoms with Gasteiger partial charge in [0.15, 0.2) is 23.0 Å². The van der Waals surface area contributed by atoms with Crippen molar-refractivity contribution in [2.45, 2.75) is 80.9 Å². The molecule has 2 aromatic carbocycles. The van der Waals surface area contributed by atoms with Crippen LogP contribution in [0.3, 0.4) is 0 Å². The van der Waals surface area contributed by atoms with Crippen LogP contribution < -0.4 is 24.1 Å². The van der Waals surface area contributed by atoms with Crippen LogP contribution in [-0.4, -0.2) is 82.1 Å². The Labute approximate surface area is 288 Å². The number of alkyl halides is 3. The molecule has 0 radical (unpaired) electrons. The first kappa shape index (κ1) is 33.2. The zero-order valence-corrected chi connectivity index (χ0v) is 28.6. The number of hydrogen-bond donors (Lipinski definition) is 0. The molecule has 2 unspecified atom stereocenters. The number of carboxylic acid groups (broad SMARTS) is 1. The monoisotopic (exact) mass is 707 g/mol. The van der Waals surface area contributed by atoms with Crippen LogP contribution in [0.4, 0.5) is 13.2 Å². The number of hydrogen-bond acceptors (Lipinski definition) is 8. The topological polar surface area (TPSA) is 95.5 Å². The predicted octanol–water partition coefficient (Wildman–Crippen LogP) is 4.96. The summed E-state index contributed by atoms with van der Waals surface area (Å²) in [6.45, 7) is 3.78. The van der Waals surface area contributed by atoms with Crippen molar-refractivity contribution in [3.8, 4) is 23.0 Å². The van der Waals surface area contributed by atoms with Crippen molar-refractivity contribution in [1.82, 2.24) is 0 Å². The summed E-state index contributed by atoms with van der Waals surface area (Å²) in [6.07, 6.45) is 3.12. The zero-order chi connectivity index (χ0) is 34.6. The molecule has 2 spiro atoms. The molecule has 5 fully saturated rings. The van der Waals surface area contributed by atoms with E-state index in [4.69, 9.17) is 49.9 Å². The lowest BCUT2D eigenvalue weighted by Gasteiger charge is -2.74. The van der Waals surface area contributed by atoms with Crippen LogP contribution in [0.15, 0.2) is 24.3 Å². The number of benzene rings is 2. The molecule has 0 amide bonds. The van der Waals surface area contributed by atoms with E-state index in [2.05, 4.69) is 19.2 Å². The van der Waals surface area contributed by atoms with Crippen LogP contribution in [0, 0.1) is 17.3 Å². The molecule has 3 heterocycles. The largest absolute Gasteiger partial charge is 0.542 e. The van der Waals surface area contributed by atoms with Crippen LogP contribution in [-0.2, 0) is 32.7 Å². The fourth-order valence-corrected chi connectivity index (χ4v) is 11.2. The molecule has 266 valence electrons. The Kier molecular flexibility index (Phi) is 7.65. The van der Waals surface area contributed by atoms with Crippen molar-refractivity contribution in [3.63, 3.8) is 0 Å². The fraction of sp³-hybridized carbons (Fsp3) is 0.639. The SMILES string of the molecule is COc1ccc2c3c1O[C@H]1[C@@]4(OC)CC[C@@]5(C[C@@H]4COCc4cc6c(cc4Cl)OCO6)C(C2)[N+](C)(CC2CC2)CC[C@]315.O=C([O-])C(F)(F)F. The maximum atomic E-state index is 10.5. The van der Waals surface area contributed by atoms with E-state index >= 15 is 0 Å². The quantitative estimate of drug-likeness (QED) is 0.356. The highest BCUT2D eigenvalue weighted by atomic mass is 35.5. The Morgan fingerprint density at radius 1 is 1.12 bits per heavy atom. The normalized spacial score (nSPS) is 35.6. The van der Waals surface area contributed by atoms with Crippen LogP contribution in [0.5, 0.6) is 23.0 Å². The van der Waals surface area contributed by atoms with Gasteiger partial charge in [-0.2, -0.15) is 13.2 Å². The van der Waals surface area contributed by atoms with Gasteiger partial charge in [0, 0.05) is 54.4 Å². The van der Waals surface area contributed by atoms with Gasteiger partial charge < -0.3 is 42.8 Å². The minimum absolute atomic E-state index is 0.0391. The third-order valence-electron chi connectivity index (χ3n) is 13.1. The molecule has 7 atom stereocenters. The summed E-state index contributed by atoms with van der Waals surface area (Å²) in [6, 6.07) is 8.84. The highest BCUT2D eigenvalue weighted by Crippen LogP contribution is 2.77. The van der Waals surface area contributed by atoms with Crippen molar-refractivity contribution in [1.29, 1.82) is 0 Å². The molecule has 4 bridgehead atoms. The van der Waals surface area contributed by atoms with Gasteiger partial charge >= 0.3 is 6.18 Å². The number of piperidine rings is 1. The van der Waals surface area contributed by atoms with Gasteiger partial charge in [-0.1, -0.05) is 17.7 Å². The third kappa shape index (κ3) is 4.72. The first-order valence-corrected chi connectivity index (χ1v) is 17.4. The molecule has 13 heteroatoms. The van der Waals surface area contributed by atoms with Gasteiger partial charge in [-0.05, 0) is 49.8 Å². The van der Waals surface area contributed by atoms with E-state index in [9.17, 15) is 13.2 Å². The lowest BCUT2D eigenvalue weighted by molar-refractivity contribution is -0.952. The Hall–Kier alpha value is -2.93. The first-order valence-electron chi connectivity index (χ1n) is 17.0. The minimum Gasteiger partial charge on any atom is -0.542 e. The van der Waals surface area contributed by atoms with Crippen molar-refractivity contribution in [2.75, 3.05) is 47.8 Å². The minimum atomic E-state index is -5.19. The summed E-state index contributed by atoms with van der Waals surface area (Å²) >= 11 is 6.62. The number of likely N-dealkylation sites (N-methyl/N-ethyl adjacent to an activating group) is 1. The number of methoxy groups -OCH3 is 2. The lowest BCUT2D eigenvalue weighted by atomic mass is 9.34. The summed E-state index contributed by atoms with van der Waals surface area (Å²) in [4.78, 5) is 8.78. The molecule has 1 saturated heterocycles. The number of likely N-dealkylation sites (tertiary alicyclic amines) is 1. The number of rotatable bonds is 8. The molecule has 9 nitrogen and oxygen atoms in total. The fourth-order valence-electron chi connectivity index (χ4n) is 11.0. The molecule has 0 N–H and O–H groups in total. The Balaban J connectivity index is 0.000000453. The van der Waals surface area contributed by atoms with E-state index in [0.29, 0.717) is 30.0 Å². The number of carbonyl (C=O) groups excluding carboxylic acids is 1. The second-order valence-electron chi connectivity index (χ2n) is 15.2. The molecule has 5 aliphatic carbocycles. The van der Waals surface area contributed by atoms with E-state index in [-0.39, 0.29) is 29.6 Å². The average Bonchev–Trinajstić information content (AvgIpc) is 3.62. The second-order valence-corrected chi connectivity index (χ2v) is 15.6. The van der Waals surface area contributed by atoms with Gasteiger partial charge in [0.2, 0.25) is 6.79 Å². The number of fused-ring (bicyclic) bond motifs is 3. The zero-order valence-electron chi connectivity index (χ0n) is 27.8. The van der Waals surface area contributed by atoms with Gasteiger partial charge in [-0.15, -0.1) is 0 Å². The number of carboxylic acids is 1. The number of quaternary nitrogens is 1. The summed E-state index contributed by atoms with van der Waals surface area (Å²) in [5, 5.41) is 9.43. The van der Waals surface area contributed by atoms with Crippen LogP contribution in [0.2, 0.25) is 5.02 Å². The molecule has 10 rings (SSSR count). The molecule has 2 aromatic rings. The smallest absolute Gasteiger partial charge is 0.430 e. The second kappa shape index (κ2) is 11.3. The van der Waals surface area contributed by atoms with Crippen molar-refractivity contribution in [2.24, 2.45) is 17.3 Å². The van der Waals surface area contributed by atoms with Gasteiger partial charge in [-0.25, -0.2) is 0 Å². The van der Waals surface area contributed by atoms with E-state index in [1.165, 1.54) is 48.0 Å². The highest BCUT2D eigenvalue weighted by molar-refractivity contribution is 6.31. The van der Waals surface area contributed by atoms with Crippen molar-refractivity contribution < 1.29 is 56.0 Å². The third-order valence-corrected chi connectivity index (χ3v) is 13.4. The summed E-state index contributed by atoms with van der Waals surface area (Å²) in [5.41, 5.74) is 3.55. The Bertz CT molecular complexity index is 1690. The number of halogens is 4. The van der Waals surface area contributed by atoms with Gasteiger partial charge in [-0.3, -0.25) is 0 Å². The number of nitrogens with zero attached hydrogens (tertiary/aromatic N) is 1. The summed E-state index contributed by atoms with van der Waals surface area (Å²) in [5.74, 6) is 1.38. The van der Waals surface area contributed by atoms with Crippen molar-refractivity contribution >= 4 is 17.6 Å². The predicted molar refractivity (Wildman–Crippen MR) is 168 cm³/mol. The van der Waals surface area contributed by atoms with Gasteiger partial charge in [0.1, 0.15) is 17.7 Å². The molecule has 0 aromatic heterocycles. The van der Waals surface area contributed by atoms with Crippen molar-refractivity contribution in [3.05, 3.63) is 46.0 Å². The van der Waals surface area contributed by atoms with E-state index < -0.39 is 17.7 Å². The molecule has 8 aliphatic rings. The van der Waals surface area contributed by atoms with Gasteiger partial charge in [0.25, 0.3) is 0 Å². The van der Waals surface area contributed by atoms with E-state index in [1.54, 1.807) is 7.11 Å². The van der Waals surface area contributed by atoms with Crippen LogP contribution >= 0.6 is 11.6 Å². The van der Waals surface area contributed by atoms with E-state index in [1.807, 2.05) is 19.2 Å². The van der Waals surface area contributed by atoms with Gasteiger partial charge in [0.05, 0.1) is 56.9 Å². The standard InChI is InChI=1S/C34H41ClNO6.C2HF3O2/c1-36(16-20-4-5-20)11-10-33-29-21-6-7-25(37-2)30(29)42-31(33)34(38-3)9-8-32(33,28(36)13-21)15-23(34)18-39-17-22-12-26-27(14-24(22)35)41-19-40-26;3-2(4,5)1(6)7/h6-7,12,14,20,23,28,31H,4-5,8-11,13,15-19H2,1-3H3;(H,6,7)/q+1;/p-1/t23-,28?,31-,32-,33+,34-,36?;/m1./s1. The molecule has 3 aliphatic heterocycles. The highest BCUT2D eigenvalue weighted by Gasteiger charge is 2.83. The molecule has 49 heavy (non-hydrogen) atoms.